The zero-order valence-corrected chi connectivity index (χ0v) is 14.9. The van der Waals surface area contributed by atoms with Crippen molar-refractivity contribution in [2.24, 2.45) is 0 Å². The molecule has 1 aliphatic rings. The fraction of sp³-hybridized carbons (Fsp3) is 0.312. The number of methoxy groups -OCH3 is 1. The number of hydrogen-bond donors (Lipinski definition) is 1. The molecular weight excluding hydrogens is 350 g/mol. The lowest BCUT2D eigenvalue weighted by Gasteiger charge is -2.11. The van der Waals surface area contributed by atoms with E-state index in [2.05, 4.69) is 0 Å². The van der Waals surface area contributed by atoms with Gasteiger partial charge in [-0.1, -0.05) is 30.0 Å². The number of thiocarbonyl (C=S) groups is 1. The summed E-state index contributed by atoms with van der Waals surface area (Å²) in [6.07, 6.45) is 2.22. The molecule has 0 saturated carbocycles. The molecule has 8 heteroatoms. The minimum atomic E-state index is -0.853. The van der Waals surface area contributed by atoms with E-state index >= 15 is 0 Å². The number of carbonyl (C=O) groups is 2. The molecule has 1 aliphatic heterocycles. The van der Waals surface area contributed by atoms with E-state index in [4.69, 9.17) is 26.8 Å². The Bertz CT molecular complexity index is 702. The molecule has 0 unspecified atom stereocenters. The summed E-state index contributed by atoms with van der Waals surface area (Å²) < 4.78 is 11.4. The van der Waals surface area contributed by atoms with Gasteiger partial charge in [0.25, 0.3) is 5.91 Å². The zero-order chi connectivity index (χ0) is 17.7. The molecule has 1 aromatic rings. The average molecular weight is 367 g/mol. The normalized spacial score (nSPS) is 15.9. The van der Waals surface area contributed by atoms with E-state index in [0.717, 1.165) is 5.56 Å². The minimum absolute atomic E-state index is 0.0548. The van der Waals surface area contributed by atoms with Gasteiger partial charge in [0, 0.05) is 13.5 Å². The van der Waals surface area contributed by atoms with E-state index in [1.807, 2.05) is 0 Å². The van der Waals surface area contributed by atoms with Gasteiger partial charge >= 0.3 is 5.97 Å². The number of amides is 1. The molecule has 1 heterocycles. The van der Waals surface area contributed by atoms with Crippen LogP contribution in [0.25, 0.3) is 6.08 Å². The van der Waals surface area contributed by atoms with E-state index in [1.165, 1.54) is 23.8 Å². The molecule has 1 amide bonds. The zero-order valence-electron chi connectivity index (χ0n) is 13.3. The number of carbonyl (C=O) groups excluding carboxylic acids is 1. The van der Waals surface area contributed by atoms with E-state index in [-0.39, 0.29) is 18.9 Å². The second-order valence-corrected chi connectivity index (χ2v) is 6.67. The quantitative estimate of drug-likeness (QED) is 0.451. The number of thioether (sulfide) groups is 1. The van der Waals surface area contributed by atoms with Gasteiger partial charge in [-0.3, -0.25) is 14.5 Å². The van der Waals surface area contributed by atoms with Gasteiger partial charge in [0.1, 0.15) is 4.32 Å². The number of aliphatic carboxylic acids is 1. The van der Waals surface area contributed by atoms with E-state index in [9.17, 15) is 9.59 Å². The van der Waals surface area contributed by atoms with Crippen LogP contribution in [0, 0.1) is 0 Å². The Labute approximate surface area is 149 Å². The molecule has 6 nitrogen and oxygen atoms in total. The van der Waals surface area contributed by atoms with Crippen molar-refractivity contribution in [3.8, 4) is 11.5 Å². The third kappa shape index (κ3) is 4.48. The Balaban J connectivity index is 2.10. The average Bonchev–Trinajstić information content (AvgIpc) is 2.79. The highest BCUT2D eigenvalue weighted by Gasteiger charge is 2.28. The Morgan fingerprint density at radius 1 is 1.42 bits per heavy atom. The molecule has 0 bridgehead atoms. The van der Waals surface area contributed by atoms with Gasteiger partial charge in [-0.15, -0.1) is 0 Å². The molecule has 128 valence electrons. The van der Waals surface area contributed by atoms with Crippen LogP contribution in [0.2, 0.25) is 0 Å². The topological polar surface area (TPSA) is 76.1 Å². The van der Waals surface area contributed by atoms with Crippen LogP contribution >= 0.6 is 24.0 Å². The third-order valence-corrected chi connectivity index (χ3v) is 4.75. The Kier molecular flexibility index (Phi) is 6.22. The van der Waals surface area contributed by atoms with Crippen LogP contribution < -0.4 is 9.47 Å². The number of likely N-dealkylation sites (N-methyl/N-ethyl adjacent to an activating group) is 1. The number of carboxylic acids is 1. The van der Waals surface area contributed by atoms with E-state index in [1.54, 1.807) is 31.3 Å². The maximum Gasteiger partial charge on any atom is 0.303 e. The maximum atomic E-state index is 12.0. The standard InChI is InChI=1S/C16H17NO5S2/c1-17-15(20)13(24-16(17)23)9-10-5-6-11(12(8-10)21-2)22-7-3-4-14(18)19/h5-6,8-9H,3-4,7H2,1-2H3,(H,18,19)/b13-9+. The summed E-state index contributed by atoms with van der Waals surface area (Å²) in [6.45, 7) is 0.288. The fourth-order valence-electron chi connectivity index (χ4n) is 2.00. The number of hydrogen-bond acceptors (Lipinski definition) is 6. The second kappa shape index (κ2) is 8.16. The number of benzene rings is 1. The summed E-state index contributed by atoms with van der Waals surface area (Å²) in [4.78, 5) is 24.5. The summed E-state index contributed by atoms with van der Waals surface area (Å²) >= 11 is 6.35. The van der Waals surface area contributed by atoms with Crippen molar-refractivity contribution in [1.82, 2.24) is 4.90 Å². The van der Waals surface area contributed by atoms with Crippen molar-refractivity contribution in [2.45, 2.75) is 12.8 Å². The van der Waals surface area contributed by atoms with Crippen LogP contribution in [0.4, 0.5) is 0 Å². The van der Waals surface area contributed by atoms with Gasteiger partial charge in [0.05, 0.1) is 18.6 Å². The Hall–Kier alpha value is -2.06. The molecule has 0 atom stereocenters. The molecule has 1 fully saturated rings. The minimum Gasteiger partial charge on any atom is -0.493 e. The number of ether oxygens (including phenoxy) is 2. The van der Waals surface area contributed by atoms with Crippen LogP contribution in [0.3, 0.4) is 0 Å². The molecule has 0 aromatic heterocycles. The lowest BCUT2D eigenvalue weighted by Crippen LogP contribution is -2.22. The number of carboxylic acid groups (broad SMARTS) is 1. The van der Waals surface area contributed by atoms with Crippen molar-refractivity contribution in [3.05, 3.63) is 28.7 Å². The van der Waals surface area contributed by atoms with Crippen LogP contribution in [0.1, 0.15) is 18.4 Å². The Morgan fingerprint density at radius 2 is 2.17 bits per heavy atom. The van der Waals surface area contributed by atoms with Crippen molar-refractivity contribution in [1.29, 1.82) is 0 Å². The first kappa shape index (κ1) is 18.3. The smallest absolute Gasteiger partial charge is 0.303 e. The molecule has 0 radical (unpaired) electrons. The van der Waals surface area contributed by atoms with Gasteiger partial charge in [0.15, 0.2) is 11.5 Å². The molecule has 2 rings (SSSR count). The van der Waals surface area contributed by atoms with Crippen LogP contribution in [-0.2, 0) is 9.59 Å². The van der Waals surface area contributed by atoms with Crippen LogP contribution in [-0.4, -0.2) is 47.0 Å². The van der Waals surface area contributed by atoms with Gasteiger partial charge < -0.3 is 14.6 Å². The van der Waals surface area contributed by atoms with Gasteiger partial charge in [-0.2, -0.15) is 0 Å². The SMILES string of the molecule is COc1cc(/C=C2/SC(=S)N(C)C2=O)ccc1OCCCC(=O)O. The lowest BCUT2D eigenvalue weighted by atomic mass is 10.2. The highest BCUT2D eigenvalue weighted by molar-refractivity contribution is 8.26. The molecular formula is C16H17NO5S2. The molecule has 24 heavy (non-hydrogen) atoms. The van der Waals surface area contributed by atoms with Gasteiger partial charge in [-0.25, -0.2) is 0 Å². The largest absolute Gasteiger partial charge is 0.493 e. The van der Waals surface area contributed by atoms with Crippen molar-refractivity contribution >= 4 is 46.3 Å². The fourth-order valence-corrected chi connectivity index (χ4v) is 3.18. The molecule has 1 N–H and O–H groups in total. The molecule has 0 spiro atoms. The molecule has 0 aliphatic carbocycles. The predicted molar refractivity (Wildman–Crippen MR) is 96.3 cm³/mol. The first-order chi connectivity index (χ1) is 11.4. The summed E-state index contributed by atoms with van der Waals surface area (Å²) in [5, 5.41) is 8.61. The summed E-state index contributed by atoms with van der Waals surface area (Å²) in [6, 6.07) is 5.30. The summed E-state index contributed by atoms with van der Waals surface area (Å²) in [7, 11) is 3.17. The number of nitrogens with zero attached hydrogens (tertiary/aromatic N) is 1. The molecule has 1 saturated heterocycles. The Morgan fingerprint density at radius 3 is 2.75 bits per heavy atom. The van der Waals surface area contributed by atoms with Crippen LogP contribution in [0.5, 0.6) is 11.5 Å². The first-order valence-corrected chi connectivity index (χ1v) is 8.39. The third-order valence-electron chi connectivity index (χ3n) is 3.26. The predicted octanol–water partition coefficient (Wildman–Crippen LogP) is 2.77. The first-order valence-electron chi connectivity index (χ1n) is 7.16. The van der Waals surface area contributed by atoms with Crippen molar-refractivity contribution in [2.75, 3.05) is 20.8 Å². The monoisotopic (exact) mass is 367 g/mol. The summed E-state index contributed by atoms with van der Waals surface area (Å²) in [5.74, 6) is 0.0706. The van der Waals surface area contributed by atoms with Crippen molar-refractivity contribution < 1.29 is 24.2 Å². The van der Waals surface area contributed by atoms with Crippen molar-refractivity contribution in [3.63, 3.8) is 0 Å². The van der Waals surface area contributed by atoms with Gasteiger partial charge in [0.2, 0.25) is 0 Å². The van der Waals surface area contributed by atoms with Crippen LogP contribution in [0.15, 0.2) is 23.1 Å². The maximum absolute atomic E-state index is 12.0. The summed E-state index contributed by atoms with van der Waals surface area (Å²) in [5.41, 5.74) is 0.790. The number of rotatable bonds is 7. The second-order valence-electron chi connectivity index (χ2n) is 5.00. The highest BCUT2D eigenvalue weighted by atomic mass is 32.2. The van der Waals surface area contributed by atoms with E-state index < -0.39 is 5.97 Å². The lowest BCUT2D eigenvalue weighted by molar-refractivity contribution is -0.137. The molecule has 1 aromatic carbocycles. The highest BCUT2D eigenvalue weighted by Crippen LogP contribution is 2.34. The van der Waals surface area contributed by atoms with E-state index in [0.29, 0.717) is 27.1 Å². The van der Waals surface area contributed by atoms with Gasteiger partial charge in [-0.05, 0) is 30.2 Å².